The summed E-state index contributed by atoms with van der Waals surface area (Å²) in [5, 5.41) is 0. The SMILES string of the molecule is CS(=O)(=O)c1ccc(Cc2cccc3nc(C(=O)NN)c(=O)n(-c4cccc(C(F)(F)F)c4)c23)cc1. The molecule has 4 aromatic rings. The smallest absolute Gasteiger partial charge is 0.289 e. The highest BCUT2D eigenvalue weighted by Gasteiger charge is 2.31. The third kappa shape index (κ3) is 4.86. The van der Waals surface area contributed by atoms with Crippen LogP contribution in [0.5, 0.6) is 0 Å². The normalized spacial score (nSPS) is 12.0. The number of amides is 1. The highest BCUT2D eigenvalue weighted by Crippen LogP contribution is 2.31. The number of para-hydroxylation sites is 1. The summed E-state index contributed by atoms with van der Waals surface area (Å²) in [6, 6.07) is 15.1. The van der Waals surface area contributed by atoms with Crippen LogP contribution in [0.15, 0.2) is 76.4 Å². The summed E-state index contributed by atoms with van der Waals surface area (Å²) >= 11 is 0. The Morgan fingerprint density at radius 2 is 1.72 bits per heavy atom. The largest absolute Gasteiger partial charge is 0.416 e. The molecule has 0 aliphatic heterocycles. The molecule has 12 heteroatoms. The van der Waals surface area contributed by atoms with E-state index in [1.807, 2.05) is 5.43 Å². The Morgan fingerprint density at radius 3 is 2.33 bits per heavy atom. The Hall–Kier alpha value is -4.03. The molecule has 3 N–H and O–H groups in total. The summed E-state index contributed by atoms with van der Waals surface area (Å²) in [7, 11) is -3.40. The number of sulfone groups is 1. The first-order valence-electron chi connectivity index (χ1n) is 10.4. The number of nitrogens with zero attached hydrogens (tertiary/aromatic N) is 2. The molecule has 1 heterocycles. The molecular weight excluding hydrogens is 497 g/mol. The molecule has 1 amide bonds. The zero-order valence-electron chi connectivity index (χ0n) is 18.7. The average Bonchev–Trinajstić information content (AvgIpc) is 2.83. The van der Waals surface area contributed by atoms with Gasteiger partial charge >= 0.3 is 6.18 Å². The van der Waals surface area contributed by atoms with Gasteiger partial charge in [-0.15, -0.1) is 0 Å². The van der Waals surface area contributed by atoms with E-state index in [4.69, 9.17) is 5.84 Å². The number of benzene rings is 3. The zero-order valence-corrected chi connectivity index (χ0v) is 19.5. The van der Waals surface area contributed by atoms with Crippen molar-refractivity contribution in [1.29, 1.82) is 0 Å². The van der Waals surface area contributed by atoms with Crippen LogP contribution in [-0.4, -0.2) is 30.1 Å². The van der Waals surface area contributed by atoms with E-state index in [0.29, 0.717) is 11.1 Å². The van der Waals surface area contributed by atoms with Crippen LogP contribution in [0.4, 0.5) is 13.2 Å². The number of nitrogens with one attached hydrogen (secondary N) is 1. The van der Waals surface area contributed by atoms with Gasteiger partial charge in [-0.25, -0.2) is 19.2 Å². The van der Waals surface area contributed by atoms with Gasteiger partial charge in [0.15, 0.2) is 15.5 Å². The van der Waals surface area contributed by atoms with Crippen molar-refractivity contribution in [1.82, 2.24) is 15.0 Å². The first-order chi connectivity index (χ1) is 16.9. The minimum Gasteiger partial charge on any atom is -0.289 e. The quantitative estimate of drug-likeness (QED) is 0.239. The lowest BCUT2D eigenvalue weighted by atomic mass is 10.0. The predicted molar refractivity (Wildman–Crippen MR) is 126 cm³/mol. The second-order valence-electron chi connectivity index (χ2n) is 8.00. The summed E-state index contributed by atoms with van der Waals surface area (Å²) in [6.07, 6.45) is -3.38. The predicted octanol–water partition coefficient (Wildman–Crippen LogP) is 3.00. The van der Waals surface area contributed by atoms with Crippen LogP contribution in [0.2, 0.25) is 0 Å². The maximum Gasteiger partial charge on any atom is 0.416 e. The van der Waals surface area contributed by atoms with Crippen molar-refractivity contribution < 1.29 is 26.4 Å². The van der Waals surface area contributed by atoms with Gasteiger partial charge in [0, 0.05) is 11.9 Å². The van der Waals surface area contributed by atoms with Gasteiger partial charge in [-0.3, -0.25) is 19.6 Å². The Labute approximate surface area is 203 Å². The maximum atomic E-state index is 13.4. The lowest BCUT2D eigenvalue weighted by molar-refractivity contribution is -0.137. The average molecular weight is 517 g/mol. The second-order valence-corrected chi connectivity index (χ2v) is 10.0. The lowest BCUT2D eigenvalue weighted by Gasteiger charge is -2.17. The van der Waals surface area contributed by atoms with Crippen LogP contribution in [0.3, 0.4) is 0 Å². The molecule has 0 fully saturated rings. The Morgan fingerprint density at radius 1 is 1.06 bits per heavy atom. The van der Waals surface area contributed by atoms with E-state index < -0.39 is 38.7 Å². The van der Waals surface area contributed by atoms with Gasteiger partial charge in [-0.2, -0.15) is 13.2 Å². The molecule has 0 saturated carbocycles. The van der Waals surface area contributed by atoms with Gasteiger partial charge < -0.3 is 0 Å². The molecule has 0 radical (unpaired) electrons. The minimum absolute atomic E-state index is 0.117. The van der Waals surface area contributed by atoms with Crippen molar-refractivity contribution in [2.45, 2.75) is 17.5 Å². The van der Waals surface area contributed by atoms with Crippen LogP contribution in [-0.2, 0) is 22.4 Å². The van der Waals surface area contributed by atoms with E-state index in [0.717, 1.165) is 29.0 Å². The monoisotopic (exact) mass is 516 g/mol. The summed E-state index contributed by atoms with van der Waals surface area (Å²) in [5.74, 6) is 4.19. The summed E-state index contributed by atoms with van der Waals surface area (Å²) in [5.41, 5.74) is 0.766. The third-order valence-electron chi connectivity index (χ3n) is 5.48. The molecule has 0 saturated heterocycles. The van der Waals surface area contributed by atoms with Gasteiger partial charge in [0.2, 0.25) is 0 Å². The topological polar surface area (TPSA) is 124 Å². The van der Waals surface area contributed by atoms with Crippen molar-refractivity contribution in [2.24, 2.45) is 5.84 Å². The highest BCUT2D eigenvalue weighted by molar-refractivity contribution is 7.90. The molecule has 0 unspecified atom stereocenters. The number of hydrogen-bond donors (Lipinski definition) is 2. The number of nitrogen functional groups attached to an aromatic ring is 1. The summed E-state index contributed by atoms with van der Waals surface area (Å²) in [4.78, 5) is 29.8. The van der Waals surface area contributed by atoms with E-state index in [9.17, 15) is 31.2 Å². The fraction of sp³-hybridized carbons (Fsp3) is 0.125. The molecule has 0 aliphatic carbocycles. The van der Waals surface area contributed by atoms with Crippen molar-refractivity contribution in [2.75, 3.05) is 6.26 Å². The number of carbonyl (C=O) groups excluding carboxylic acids is 1. The van der Waals surface area contributed by atoms with E-state index in [2.05, 4.69) is 4.98 Å². The second kappa shape index (κ2) is 9.21. The Balaban J connectivity index is 1.98. The standard InChI is InChI=1S/C24H19F3N4O4S/c1-36(34,35)18-10-8-14(9-11-18)12-15-4-2-7-19-21(15)31(23(33)20(29-19)22(32)30-28)17-6-3-5-16(13-17)24(25,26)27/h2-11,13H,12,28H2,1H3,(H,30,32). The number of nitrogens with two attached hydrogens (primary N) is 1. The highest BCUT2D eigenvalue weighted by atomic mass is 32.2. The van der Waals surface area contributed by atoms with Gasteiger partial charge in [0.25, 0.3) is 11.5 Å². The number of halogens is 3. The fourth-order valence-corrected chi connectivity index (χ4v) is 4.43. The lowest BCUT2D eigenvalue weighted by Crippen LogP contribution is -2.37. The van der Waals surface area contributed by atoms with Gasteiger partial charge in [0.05, 0.1) is 21.5 Å². The number of rotatable bonds is 5. The first kappa shape index (κ1) is 25.1. The van der Waals surface area contributed by atoms with Crippen LogP contribution >= 0.6 is 0 Å². The van der Waals surface area contributed by atoms with Crippen molar-refractivity contribution >= 4 is 26.8 Å². The molecule has 0 aliphatic rings. The van der Waals surface area contributed by atoms with Crippen LogP contribution < -0.4 is 16.8 Å². The molecule has 4 rings (SSSR count). The van der Waals surface area contributed by atoms with E-state index >= 15 is 0 Å². The number of carbonyl (C=O) groups is 1. The fourth-order valence-electron chi connectivity index (χ4n) is 3.80. The van der Waals surface area contributed by atoms with Crippen LogP contribution in [0, 0.1) is 0 Å². The Bertz CT molecular complexity index is 1650. The number of hydrazine groups is 1. The van der Waals surface area contributed by atoms with E-state index in [1.54, 1.807) is 24.3 Å². The van der Waals surface area contributed by atoms with Crippen molar-refractivity contribution in [3.63, 3.8) is 0 Å². The van der Waals surface area contributed by atoms with Gasteiger partial charge in [0.1, 0.15) is 0 Å². The molecule has 3 aromatic carbocycles. The van der Waals surface area contributed by atoms with Gasteiger partial charge in [-0.05, 0) is 53.9 Å². The molecule has 0 atom stereocenters. The molecule has 186 valence electrons. The maximum absolute atomic E-state index is 13.4. The minimum atomic E-state index is -4.66. The summed E-state index contributed by atoms with van der Waals surface area (Å²) in [6.45, 7) is 0. The first-order valence-corrected chi connectivity index (χ1v) is 12.3. The molecule has 36 heavy (non-hydrogen) atoms. The van der Waals surface area contributed by atoms with Gasteiger partial charge in [-0.1, -0.05) is 30.3 Å². The number of alkyl halides is 3. The summed E-state index contributed by atoms with van der Waals surface area (Å²) < 4.78 is 64.8. The van der Waals surface area contributed by atoms with E-state index in [-0.39, 0.29) is 28.0 Å². The molecule has 8 nitrogen and oxygen atoms in total. The Kier molecular flexibility index (Phi) is 6.41. The molecule has 0 bridgehead atoms. The third-order valence-corrected chi connectivity index (χ3v) is 6.61. The van der Waals surface area contributed by atoms with E-state index in [1.165, 1.54) is 24.3 Å². The molecular formula is C24H19F3N4O4S. The molecule has 0 spiro atoms. The van der Waals surface area contributed by atoms with Crippen molar-refractivity contribution in [3.8, 4) is 5.69 Å². The molecule has 1 aromatic heterocycles. The number of aromatic nitrogens is 2. The van der Waals surface area contributed by atoms with Crippen LogP contribution in [0.25, 0.3) is 16.7 Å². The number of hydrogen-bond acceptors (Lipinski definition) is 6. The van der Waals surface area contributed by atoms with Crippen LogP contribution in [0.1, 0.15) is 27.2 Å². The zero-order chi connectivity index (χ0) is 26.3. The number of fused-ring (bicyclic) bond motifs is 1. The van der Waals surface area contributed by atoms with Crippen molar-refractivity contribution in [3.05, 3.63) is 99.5 Å².